The van der Waals surface area contributed by atoms with Crippen molar-refractivity contribution in [3.8, 4) is 0 Å². The number of carbonyl (C=O) groups is 2. The molecule has 2 atom stereocenters. The van der Waals surface area contributed by atoms with E-state index in [9.17, 15) is 9.59 Å². The van der Waals surface area contributed by atoms with Gasteiger partial charge in [-0.1, -0.05) is 13.8 Å². The molecule has 5 nitrogen and oxygen atoms in total. The number of amides is 2. The quantitative estimate of drug-likeness (QED) is 0.872. The maximum absolute atomic E-state index is 12.4. The summed E-state index contributed by atoms with van der Waals surface area (Å²) in [7, 11) is 0. The van der Waals surface area contributed by atoms with Crippen LogP contribution in [0.3, 0.4) is 0 Å². The molecule has 0 aliphatic carbocycles. The highest BCUT2D eigenvalue weighted by molar-refractivity contribution is 6.08. The molecular weight excluding hydrogens is 242 g/mol. The van der Waals surface area contributed by atoms with Crippen LogP contribution >= 0.6 is 0 Å². The monoisotopic (exact) mass is 261 g/mol. The van der Waals surface area contributed by atoms with Crippen LogP contribution in [-0.4, -0.2) is 28.9 Å². The Labute approximate surface area is 113 Å². The molecule has 0 aromatic carbocycles. The molecule has 2 amide bonds. The summed E-state index contributed by atoms with van der Waals surface area (Å²) in [4.78, 5) is 30.3. The highest BCUT2D eigenvalue weighted by Crippen LogP contribution is 2.27. The van der Waals surface area contributed by atoms with Gasteiger partial charge in [-0.15, -0.1) is 0 Å². The first-order valence-electron chi connectivity index (χ1n) is 6.47. The number of rotatable bonds is 2. The predicted molar refractivity (Wildman–Crippen MR) is 72.7 cm³/mol. The van der Waals surface area contributed by atoms with E-state index in [0.29, 0.717) is 5.69 Å². The number of piperazine rings is 1. The average Bonchev–Trinajstić information content (AvgIpc) is 2.34. The minimum absolute atomic E-state index is 0.0380. The summed E-state index contributed by atoms with van der Waals surface area (Å²) in [5.74, 6) is -0.157. The van der Waals surface area contributed by atoms with Gasteiger partial charge in [-0.25, -0.2) is 0 Å². The van der Waals surface area contributed by atoms with Gasteiger partial charge in [0.25, 0.3) is 0 Å². The zero-order chi connectivity index (χ0) is 14.2. The summed E-state index contributed by atoms with van der Waals surface area (Å²) in [6, 6.07) is 0.866. The Balaban J connectivity index is 2.51. The van der Waals surface area contributed by atoms with Gasteiger partial charge >= 0.3 is 0 Å². The molecule has 2 rings (SSSR count). The maximum atomic E-state index is 12.4. The van der Waals surface area contributed by atoms with Crippen molar-refractivity contribution in [3.05, 3.63) is 24.0 Å². The average molecular weight is 261 g/mol. The van der Waals surface area contributed by atoms with Gasteiger partial charge in [0.2, 0.25) is 11.8 Å². The summed E-state index contributed by atoms with van der Waals surface area (Å²) in [5, 5.41) is 2.73. The van der Waals surface area contributed by atoms with Crippen LogP contribution in [0.15, 0.2) is 18.5 Å². The van der Waals surface area contributed by atoms with Gasteiger partial charge in [0, 0.05) is 6.20 Å². The van der Waals surface area contributed by atoms with Gasteiger partial charge in [-0.05, 0) is 31.4 Å². The lowest BCUT2D eigenvalue weighted by molar-refractivity contribution is -0.134. The second-order valence-electron chi connectivity index (χ2n) is 5.29. The molecule has 5 heteroatoms. The number of pyridine rings is 1. The number of anilines is 1. The summed E-state index contributed by atoms with van der Waals surface area (Å²) in [6.45, 7) is 7.49. The SMILES string of the molecule is Cc1ccncc1N1C(=O)C(C)NC(=O)C1C(C)C. The predicted octanol–water partition coefficient (Wildman–Crippen LogP) is 1.27. The highest BCUT2D eigenvalue weighted by Gasteiger charge is 2.41. The largest absolute Gasteiger partial charge is 0.343 e. The van der Waals surface area contributed by atoms with Gasteiger partial charge in [0.15, 0.2) is 0 Å². The van der Waals surface area contributed by atoms with E-state index in [4.69, 9.17) is 0 Å². The molecule has 1 aromatic rings. The van der Waals surface area contributed by atoms with E-state index in [-0.39, 0.29) is 17.7 Å². The Morgan fingerprint density at radius 3 is 2.63 bits per heavy atom. The van der Waals surface area contributed by atoms with Crippen molar-refractivity contribution in [3.63, 3.8) is 0 Å². The summed E-state index contributed by atoms with van der Waals surface area (Å²) < 4.78 is 0. The van der Waals surface area contributed by atoms with Gasteiger partial charge in [0.05, 0.1) is 11.9 Å². The Hall–Kier alpha value is -1.91. The minimum Gasteiger partial charge on any atom is -0.343 e. The molecule has 0 saturated carbocycles. The number of carbonyl (C=O) groups excluding carboxylic acids is 2. The van der Waals surface area contributed by atoms with E-state index >= 15 is 0 Å². The number of hydrogen-bond donors (Lipinski definition) is 1. The Kier molecular flexibility index (Phi) is 3.55. The second kappa shape index (κ2) is 4.99. The third kappa shape index (κ3) is 2.32. The van der Waals surface area contributed by atoms with Crippen molar-refractivity contribution in [1.82, 2.24) is 10.3 Å². The Bertz CT molecular complexity index is 513. The molecule has 1 saturated heterocycles. The van der Waals surface area contributed by atoms with Crippen LogP contribution in [0.1, 0.15) is 26.3 Å². The van der Waals surface area contributed by atoms with Gasteiger partial charge in [0.1, 0.15) is 12.1 Å². The Morgan fingerprint density at radius 1 is 1.37 bits per heavy atom. The number of nitrogens with one attached hydrogen (secondary N) is 1. The molecule has 0 bridgehead atoms. The molecule has 1 aromatic heterocycles. The molecule has 1 aliphatic heterocycles. The molecule has 0 spiro atoms. The summed E-state index contributed by atoms with van der Waals surface area (Å²) in [5.41, 5.74) is 1.66. The van der Waals surface area contributed by atoms with Crippen LogP contribution in [0.4, 0.5) is 5.69 Å². The fourth-order valence-electron chi connectivity index (χ4n) is 2.40. The lowest BCUT2D eigenvalue weighted by Crippen LogP contribution is -2.64. The first kappa shape index (κ1) is 13.5. The molecule has 2 heterocycles. The normalized spacial score (nSPS) is 23.7. The van der Waals surface area contributed by atoms with E-state index in [0.717, 1.165) is 5.56 Å². The second-order valence-corrected chi connectivity index (χ2v) is 5.29. The van der Waals surface area contributed by atoms with E-state index < -0.39 is 12.1 Å². The zero-order valence-corrected chi connectivity index (χ0v) is 11.7. The van der Waals surface area contributed by atoms with Crippen LogP contribution in [0, 0.1) is 12.8 Å². The number of aromatic nitrogens is 1. The van der Waals surface area contributed by atoms with Crippen molar-refractivity contribution >= 4 is 17.5 Å². The summed E-state index contributed by atoms with van der Waals surface area (Å²) >= 11 is 0. The third-order valence-electron chi connectivity index (χ3n) is 3.42. The first-order valence-corrected chi connectivity index (χ1v) is 6.47. The van der Waals surface area contributed by atoms with E-state index in [1.54, 1.807) is 24.2 Å². The minimum atomic E-state index is -0.498. The first-order chi connectivity index (χ1) is 8.93. The molecular formula is C14H19N3O2. The van der Waals surface area contributed by atoms with Crippen LogP contribution in [0.2, 0.25) is 0 Å². The Morgan fingerprint density at radius 2 is 2.05 bits per heavy atom. The van der Waals surface area contributed by atoms with Gasteiger partial charge in [-0.2, -0.15) is 0 Å². The number of aryl methyl sites for hydroxylation is 1. The van der Waals surface area contributed by atoms with Crippen LogP contribution in [0.25, 0.3) is 0 Å². The van der Waals surface area contributed by atoms with Crippen molar-refractivity contribution in [2.75, 3.05) is 4.90 Å². The number of nitrogens with zero attached hydrogens (tertiary/aromatic N) is 2. The van der Waals surface area contributed by atoms with Crippen molar-refractivity contribution in [2.24, 2.45) is 5.92 Å². The van der Waals surface area contributed by atoms with Crippen LogP contribution in [0.5, 0.6) is 0 Å². The van der Waals surface area contributed by atoms with Gasteiger partial charge < -0.3 is 5.32 Å². The fourth-order valence-corrected chi connectivity index (χ4v) is 2.40. The number of hydrogen-bond acceptors (Lipinski definition) is 3. The smallest absolute Gasteiger partial charge is 0.250 e. The maximum Gasteiger partial charge on any atom is 0.250 e. The molecule has 1 aliphatic rings. The highest BCUT2D eigenvalue weighted by atomic mass is 16.2. The molecule has 19 heavy (non-hydrogen) atoms. The van der Waals surface area contributed by atoms with Gasteiger partial charge in [-0.3, -0.25) is 19.5 Å². The van der Waals surface area contributed by atoms with Crippen molar-refractivity contribution in [1.29, 1.82) is 0 Å². The molecule has 102 valence electrons. The van der Waals surface area contributed by atoms with Crippen LogP contribution in [-0.2, 0) is 9.59 Å². The van der Waals surface area contributed by atoms with Crippen LogP contribution < -0.4 is 10.2 Å². The lowest BCUT2D eigenvalue weighted by atomic mass is 9.96. The van der Waals surface area contributed by atoms with E-state index in [1.165, 1.54) is 0 Å². The van der Waals surface area contributed by atoms with Crippen molar-refractivity contribution in [2.45, 2.75) is 39.8 Å². The topological polar surface area (TPSA) is 62.3 Å². The third-order valence-corrected chi connectivity index (χ3v) is 3.42. The zero-order valence-electron chi connectivity index (χ0n) is 11.7. The lowest BCUT2D eigenvalue weighted by Gasteiger charge is -2.40. The molecule has 1 fully saturated rings. The molecule has 1 N–H and O–H groups in total. The summed E-state index contributed by atoms with van der Waals surface area (Å²) in [6.07, 6.45) is 3.33. The van der Waals surface area contributed by atoms with E-state index in [1.807, 2.05) is 26.8 Å². The molecule has 0 radical (unpaired) electrons. The fraction of sp³-hybridized carbons (Fsp3) is 0.500. The standard InChI is InChI=1S/C14H19N3O2/c1-8(2)12-13(18)16-10(4)14(19)17(12)11-7-15-6-5-9(11)3/h5-8,10,12H,1-4H3,(H,16,18). The van der Waals surface area contributed by atoms with Crippen molar-refractivity contribution < 1.29 is 9.59 Å². The van der Waals surface area contributed by atoms with E-state index in [2.05, 4.69) is 10.3 Å². The molecule has 2 unspecified atom stereocenters.